The number of amides is 1. The molecular formula is C14H14N2O2. The number of furan rings is 1. The van der Waals surface area contributed by atoms with Crippen LogP contribution in [0.25, 0.3) is 0 Å². The van der Waals surface area contributed by atoms with Gasteiger partial charge in [0.25, 0.3) is 0 Å². The van der Waals surface area contributed by atoms with E-state index in [0.29, 0.717) is 17.9 Å². The van der Waals surface area contributed by atoms with Crippen LogP contribution in [0, 0.1) is 0 Å². The monoisotopic (exact) mass is 242 g/mol. The molecule has 0 unspecified atom stereocenters. The normalized spacial score (nSPS) is 11.3. The molecule has 0 saturated carbocycles. The Morgan fingerprint density at radius 1 is 1.22 bits per heavy atom. The molecule has 0 fully saturated rings. The first kappa shape index (κ1) is 12.1. The fourth-order valence-corrected chi connectivity index (χ4v) is 1.51. The van der Waals surface area contributed by atoms with E-state index < -0.39 is 0 Å². The Labute approximate surface area is 105 Å². The lowest BCUT2D eigenvalue weighted by atomic mass is 10.1. The number of hydrazone groups is 1. The van der Waals surface area contributed by atoms with E-state index in [2.05, 4.69) is 10.5 Å². The van der Waals surface area contributed by atoms with Crippen molar-refractivity contribution in [2.24, 2.45) is 5.10 Å². The third-order valence-corrected chi connectivity index (χ3v) is 2.43. The number of rotatable bonds is 4. The molecule has 92 valence electrons. The van der Waals surface area contributed by atoms with Gasteiger partial charge in [0.2, 0.25) is 5.91 Å². The molecule has 0 saturated heterocycles. The second-order valence-corrected chi connectivity index (χ2v) is 3.87. The largest absolute Gasteiger partial charge is 0.463 e. The maximum atomic E-state index is 11.6. The van der Waals surface area contributed by atoms with Crippen molar-refractivity contribution in [2.45, 2.75) is 13.3 Å². The van der Waals surface area contributed by atoms with Gasteiger partial charge in [-0.05, 0) is 24.6 Å². The predicted octanol–water partition coefficient (Wildman–Crippen LogP) is 2.36. The lowest BCUT2D eigenvalue weighted by Gasteiger charge is -2.01. The molecule has 0 aliphatic heterocycles. The van der Waals surface area contributed by atoms with Crippen LogP contribution >= 0.6 is 0 Å². The summed E-state index contributed by atoms with van der Waals surface area (Å²) >= 11 is 0. The minimum Gasteiger partial charge on any atom is -0.463 e. The molecule has 1 heterocycles. The van der Waals surface area contributed by atoms with Crippen LogP contribution in [0.15, 0.2) is 58.2 Å². The summed E-state index contributed by atoms with van der Waals surface area (Å²) in [6.07, 6.45) is 1.88. The predicted molar refractivity (Wildman–Crippen MR) is 69.2 cm³/mol. The number of benzene rings is 1. The number of hydrogen-bond donors (Lipinski definition) is 1. The maximum Gasteiger partial charge on any atom is 0.244 e. The van der Waals surface area contributed by atoms with E-state index >= 15 is 0 Å². The van der Waals surface area contributed by atoms with Crippen molar-refractivity contribution in [3.63, 3.8) is 0 Å². The molecule has 4 nitrogen and oxygen atoms in total. The van der Waals surface area contributed by atoms with Crippen molar-refractivity contribution in [1.29, 1.82) is 0 Å². The Hall–Kier alpha value is -2.36. The van der Waals surface area contributed by atoms with Crippen LogP contribution in [-0.4, -0.2) is 11.6 Å². The standard InChI is InChI=1S/C14H14N2O2/c1-11(13-8-5-9-18-13)15-16-14(17)10-12-6-3-2-4-7-12/h2-9H,10H2,1H3,(H,16,17)/b15-11+. The van der Waals surface area contributed by atoms with Gasteiger partial charge in [-0.15, -0.1) is 0 Å². The molecule has 2 aromatic rings. The van der Waals surface area contributed by atoms with Gasteiger partial charge >= 0.3 is 0 Å². The SMILES string of the molecule is C/C(=N\NC(=O)Cc1ccccc1)c1ccco1. The first-order valence-electron chi connectivity index (χ1n) is 5.66. The van der Waals surface area contributed by atoms with Crippen molar-refractivity contribution in [3.8, 4) is 0 Å². The fraction of sp³-hybridized carbons (Fsp3) is 0.143. The third kappa shape index (κ3) is 3.31. The molecule has 1 amide bonds. The van der Waals surface area contributed by atoms with Crippen LogP contribution in [0.2, 0.25) is 0 Å². The molecule has 0 spiro atoms. The second kappa shape index (κ2) is 5.82. The Bertz CT molecular complexity index is 530. The van der Waals surface area contributed by atoms with Crippen LogP contribution in [0.3, 0.4) is 0 Å². The number of hydrogen-bond acceptors (Lipinski definition) is 3. The minimum absolute atomic E-state index is 0.146. The minimum atomic E-state index is -0.146. The molecule has 1 aromatic heterocycles. The van der Waals surface area contributed by atoms with Crippen LogP contribution in [0.5, 0.6) is 0 Å². The van der Waals surface area contributed by atoms with E-state index in [9.17, 15) is 4.79 Å². The summed E-state index contributed by atoms with van der Waals surface area (Å²) in [5.41, 5.74) is 4.11. The Morgan fingerprint density at radius 3 is 2.67 bits per heavy atom. The van der Waals surface area contributed by atoms with Crippen molar-refractivity contribution in [1.82, 2.24) is 5.43 Å². The number of nitrogens with zero attached hydrogens (tertiary/aromatic N) is 1. The van der Waals surface area contributed by atoms with Gasteiger partial charge in [-0.2, -0.15) is 5.10 Å². The highest BCUT2D eigenvalue weighted by Gasteiger charge is 2.03. The summed E-state index contributed by atoms with van der Waals surface area (Å²) in [6, 6.07) is 13.1. The summed E-state index contributed by atoms with van der Waals surface area (Å²) in [5, 5.41) is 3.99. The van der Waals surface area contributed by atoms with Gasteiger partial charge in [0, 0.05) is 0 Å². The van der Waals surface area contributed by atoms with E-state index in [-0.39, 0.29) is 5.91 Å². The molecule has 2 rings (SSSR count). The average Bonchev–Trinajstić information content (AvgIpc) is 2.91. The molecule has 18 heavy (non-hydrogen) atoms. The highest BCUT2D eigenvalue weighted by Crippen LogP contribution is 2.02. The lowest BCUT2D eigenvalue weighted by molar-refractivity contribution is -0.120. The van der Waals surface area contributed by atoms with Gasteiger partial charge < -0.3 is 4.42 Å². The topological polar surface area (TPSA) is 54.6 Å². The summed E-state index contributed by atoms with van der Waals surface area (Å²) in [4.78, 5) is 11.6. The molecule has 1 N–H and O–H groups in total. The first-order chi connectivity index (χ1) is 8.75. The summed E-state index contributed by atoms with van der Waals surface area (Å²) < 4.78 is 5.16. The highest BCUT2D eigenvalue weighted by molar-refractivity contribution is 5.96. The van der Waals surface area contributed by atoms with Crippen LogP contribution in [0.1, 0.15) is 18.2 Å². The molecule has 0 aliphatic rings. The zero-order valence-corrected chi connectivity index (χ0v) is 10.1. The van der Waals surface area contributed by atoms with Gasteiger partial charge in [-0.1, -0.05) is 30.3 Å². The van der Waals surface area contributed by atoms with Crippen LogP contribution < -0.4 is 5.43 Å². The number of carbonyl (C=O) groups excluding carboxylic acids is 1. The van der Waals surface area contributed by atoms with Gasteiger partial charge in [-0.3, -0.25) is 4.79 Å². The maximum absolute atomic E-state index is 11.6. The van der Waals surface area contributed by atoms with Crippen LogP contribution in [-0.2, 0) is 11.2 Å². The third-order valence-electron chi connectivity index (χ3n) is 2.43. The number of nitrogens with one attached hydrogen (secondary N) is 1. The summed E-state index contributed by atoms with van der Waals surface area (Å²) in [5.74, 6) is 0.502. The highest BCUT2D eigenvalue weighted by atomic mass is 16.3. The van der Waals surface area contributed by atoms with E-state index in [1.807, 2.05) is 30.3 Å². The van der Waals surface area contributed by atoms with E-state index in [4.69, 9.17) is 4.42 Å². The quantitative estimate of drug-likeness (QED) is 0.661. The molecule has 0 bridgehead atoms. The zero-order chi connectivity index (χ0) is 12.8. The summed E-state index contributed by atoms with van der Waals surface area (Å²) in [6.45, 7) is 1.78. The second-order valence-electron chi connectivity index (χ2n) is 3.87. The Morgan fingerprint density at radius 2 is 2.00 bits per heavy atom. The Balaban J connectivity index is 1.91. The molecule has 4 heteroatoms. The van der Waals surface area contributed by atoms with Crippen LogP contribution in [0.4, 0.5) is 0 Å². The smallest absolute Gasteiger partial charge is 0.244 e. The summed E-state index contributed by atoms with van der Waals surface area (Å²) in [7, 11) is 0. The molecular weight excluding hydrogens is 228 g/mol. The van der Waals surface area contributed by atoms with Crippen molar-refractivity contribution in [2.75, 3.05) is 0 Å². The van der Waals surface area contributed by atoms with Gasteiger partial charge in [-0.25, -0.2) is 5.43 Å². The lowest BCUT2D eigenvalue weighted by Crippen LogP contribution is -2.21. The first-order valence-corrected chi connectivity index (χ1v) is 5.66. The van der Waals surface area contributed by atoms with Crippen molar-refractivity contribution < 1.29 is 9.21 Å². The van der Waals surface area contributed by atoms with Crippen molar-refractivity contribution in [3.05, 3.63) is 60.1 Å². The van der Waals surface area contributed by atoms with Gasteiger partial charge in [0.1, 0.15) is 11.5 Å². The zero-order valence-electron chi connectivity index (χ0n) is 10.1. The van der Waals surface area contributed by atoms with Gasteiger partial charge in [0.05, 0.1) is 12.7 Å². The van der Waals surface area contributed by atoms with E-state index in [1.54, 1.807) is 25.3 Å². The van der Waals surface area contributed by atoms with E-state index in [0.717, 1.165) is 5.56 Å². The fourth-order valence-electron chi connectivity index (χ4n) is 1.51. The molecule has 1 aromatic carbocycles. The number of carbonyl (C=O) groups is 1. The molecule has 0 aliphatic carbocycles. The van der Waals surface area contributed by atoms with Crippen molar-refractivity contribution >= 4 is 11.6 Å². The van der Waals surface area contributed by atoms with Gasteiger partial charge in [0.15, 0.2) is 0 Å². The molecule has 0 atom stereocenters. The Kier molecular flexibility index (Phi) is 3.91. The molecule has 0 radical (unpaired) electrons. The average molecular weight is 242 g/mol. The van der Waals surface area contributed by atoms with E-state index in [1.165, 1.54) is 0 Å².